The van der Waals surface area contributed by atoms with Crippen molar-refractivity contribution in [3.8, 4) is 5.75 Å². The highest BCUT2D eigenvalue weighted by molar-refractivity contribution is 6.02. The summed E-state index contributed by atoms with van der Waals surface area (Å²) in [5.74, 6) is 0.515. The van der Waals surface area contributed by atoms with Gasteiger partial charge in [-0.2, -0.15) is 0 Å². The van der Waals surface area contributed by atoms with Crippen molar-refractivity contribution in [3.63, 3.8) is 0 Å². The molecule has 0 unspecified atom stereocenters. The van der Waals surface area contributed by atoms with Gasteiger partial charge in [0.05, 0.1) is 13.5 Å². The average Bonchev–Trinajstić information content (AvgIpc) is 2.61. The SMILES string of the molecule is COc1ccccc1/C=C/C(=O)Nc1ccc(CC(=O)N(C)C)cc1. The van der Waals surface area contributed by atoms with Gasteiger partial charge in [0.2, 0.25) is 11.8 Å². The van der Waals surface area contributed by atoms with Crippen LogP contribution < -0.4 is 10.1 Å². The first-order valence-corrected chi connectivity index (χ1v) is 7.91. The van der Waals surface area contributed by atoms with Crippen molar-refractivity contribution >= 4 is 23.6 Å². The number of benzene rings is 2. The lowest BCUT2D eigenvalue weighted by Gasteiger charge is -2.10. The van der Waals surface area contributed by atoms with E-state index in [0.717, 1.165) is 11.1 Å². The number of hydrogen-bond donors (Lipinski definition) is 1. The smallest absolute Gasteiger partial charge is 0.248 e. The average molecular weight is 338 g/mol. The number of carbonyl (C=O) groups is 2. The van der Waals surface area contributed by atoms with Gasteiger partial charge in [-0.05, 0) is 29.8 Å². The second-order valence-corrected chi connectivity index (χ2v) is 5.73. The van der Waals surface area contributed by atoms with Crippen molar-refractivity contribution in [2.75, 3.05) is 26.5 Å². The summed E-state index contributed by atoms with van der Waals surface area (Å²) in [6, 6.07) is 14.7. The molecular weight excluding hydrogens is 316 g/mol. The zero-order valence-corrected chi connectivity index (χ0v) is 14.7. The lowest BCUT2D eigenvalue weighted by atomic mass is 10.1. The van der Waals surface area contributed by atoms with Gasteiger partial charge in [0.15, 0.2) is 0 Å². The monoisotopic (exact) mass is 338 g/mol. The number of carbonyl (C=O) groups excluding carboxylic acids is 2. The van der Waals surface area contributed by atoms with Gasteiger partial charge < -0.3 is 15.0 Å². The van der Waals surface area contributed by atoms with Gasteiger partial charge in [0, 0.05) is 31.4 Å². The predicted octanol–water partition coefficient (Wildman–Crippen LogP) is 2.98. The number of methoxy groups -OCH3 is 1. The molecule has 2 aromatic carbocycles. The number of para-hydroxylation sites is 1. The second kappa shape index (κ2) is 8.68. The number of ether oxygens (including phenoxy) is 1. The third-order valence-electron chi connectivity index (χ3n) is 3.63. The molecule has 5 heteroatoms. The molecule has 0 saturated heterocycles. The minimum Gasteiger partial charge on any atom is -0.496 e. The molecule has 0 radical (unpaired) electrons. The molecule has 2 aromatic rings. The molecule has 0 atom stereocenters. The summed E-state index contributed by atoms with van der Waals surface area (Å²) in [5, 5.41) is 2.79. The van der Waals surface area contributed by atoms with E-state index in [-0.39, 0.29) is 11.8 Å². The topological polar surface area (TPSA) is 58.6 Å². The number of nitrogens with one attached hydrogen (secondary N) is 1. The third-order valence-corrected chi connectivity index (χ3v) is 3.63. The normalized spacial score (nSPS) is 10.5. The Hall–Kier alpha value is -3.08. The maximum Gasteiger partial charge on any atom is 0.248 e. The number of anilines is 1. The van der Waals surface area contributed by atoms with Gasteiger partial charge in [-0.15, -0.1) is 0 Å². The molecule has 25 heavy (non-hydrogen) atoms. The zero-order chi connectivity index (χ0) is 18.2. The number of hydrogen-bond acceptors (Lipinski definition) is 3. The molecule has 0 aliphatic rings. The molecule has 0 aliphatic carbocycles. The summed E-state index contributed by atoms with van der Waals surface area (Å²) in [7, 11) is 5.05. The van der Waals surface area contributed by atoms with Gasteiger partial charge >= 0.3 is 0 Å². The van der Waals surface area contributed by atoms with E-state index in [1.54, 1.807) is 44.3 Å². The minimum absolute atomic E-state index is 0.0385. The van der Waals surface area contributed by atoms with Crippen LogP contribution in [-0.4, -0.2) is 37.9 Å². The van der Waals surface area contributed by atoms with E-state index in [2.05, 4.69) is 5.32 Å². The highest BCUT2D eigenvalue weighted by atomic mass is 16.5. The van der Waals surface area contributed by atoms with Crippen LogP contribution in [0.3, 0.4) is 0 Å². The predicted molar refractivity (Wildman–Crippen MR) is 99.5 cm³/mol. The third kappa shape index (κ3) is 5.49. The van der Waals surface area contributed by atoms with E-state index in [4.69, 9.17) is 4.74 Å². The van der Waals surface area contributed by atoms with Crippen molar-refractivity contribution in [2.45, 2.75) is 6.42 Å². The Kier molecular flexibility index (Phi) is 6.34. The Balaban J connectivity index is 1.96. The van der Waals surface area contributed by atoms with Crippen LogP contribution in [0.15, 0.2) is 54.6 Å². The first-order chi connectivity index (χ1) is 12.0. The van der Waals surface area contributed by atoms with E-state index in [1.165, 1.54) is 6.08 Å². The Bertz CT molecular complexity index is 765. The molecule has 0 saturated carbocycles. The summed E-state index contributed by atoms with van der Waals surface area (Å²) in [4.78, 5) is 25.3. The van der Waals surface area contributed by atoms with E-state index >= 15 is 0 Å². The Morgan fingerprint density at radius 2 is 1.76 bits per heavy atom. The first-order valence-electron chi connectivity index (χ1n) is 7.91. The van der Waals surface area contributed by atoms with Crippen LogP contribution in [0.4, 0.5) is 5.69 Å². The molecule has 2 amide bonds. The summed E-state index contributed by atoms with van der Waals surface area (Å²) in [6.07, 6.45) is 3.51. The zero-order valence-electron chi connectivity index (χ0n) is 14.7. The maximum atomic E-state index is 12.0. The molecule has 2 rings (SSSR count). The lowest BCUT2D eigenvalue weighted by molar-refractivity contribution is -0.128. The Labute approximate surface area is 147 Å². The van der Waals surface area contributed by atoms with E-state index in [0.29, 0.717) is 17.9 Å². The fourth-order valence-corrected chi connectivity index (χ4v) is 2.19. The fraction of sp³-hybridized carbons (Fsp3) is 0.200. The van der Waals surface area contributed by atoms with E-state index < -0.39 is 0 Å². The highest BCUT2D eigenvalue weighted by Gasteiger charge is 2.06. The molecule has 5 nitrogen and oxygen atoms in total. The van der Waals surface area contributed by atoms with Gasteiger partial charge in [0.25, 0.3) is 0 Å². The quantitative estimate of drug-likeness (QED) is 0.824. The number of nitrogens with zero attached hydrogens (tertiary/aromatic N) is 1. The molecular formula is C20H22N2O3. The van der Waals surface area contributed by atoms with Crippen molar-refractivity contribution in [1.82, 2.24) is 4.90 Å². The molecule has 0 spiro atoms. The van der Waals surface area contributed by atoms with E-state index in [9.17, 15) is 9.59 Å². The summed E-state index contributed by atoms with van der Waals surface area (Å²) in [5.41, 5.74) is 2.41. The molecule has 0 aliphatic heterocycles. The lowest BCUT2D eigenvalue weighted by Crippen LogP contribution is -2.23. The van der Waals surface area contributed by atoms with Crippen molar-refractivity contribution < 1.29 is 14.3 Å². The van der Waals surface area contributed by atoms with Crippen LogP contribution >= 0.6 is 0 Å². The van der Waals surface area contributed by atoms with E-state index in [1.807, 2.05) is 36.4 Å². The van der Waals surface area contributed by atoms with Crippen LogP contribution in [0.5, 0.6) is 5.75 Å². The number of likely N-dealkylation sites (N-methyl/N-ethyl adjacent to an activating group) is 1. The number of rotatable bonds is 6. The van der Waals surface area contributed by atoms with Crippen LogP contribution in [0.2, 0.25) is 0 Å². The maximum absolute atomic E-state index is 12.0. The molecule has 0 aromatic heterocycles. The summed E-state index contributed by atoms with van der Waals surface area (Å²) >= 11 is 0. The van der Waals surface area contributed by atoms with Gasteiger partial charge in [-0.3, -0.25) is 9.59 Å². The van der Waals surface area contributed by atoms with Crippen molar-refractivity contribution in [2.24, 2.45) is 0 Å². The molecule has 130 valence electrons. The largest absolute Gasteiger partial charge is 0.496 e. The van der Waals surface area contributed by atoms with Crippen LogP contribution in [0.1, 0.15) is 11.1 Å². The summed E-state index contributed by atoms with van der Waals surface area (Å²) in [6.45, 7) is 0. The standard InChI is InChI=1S/C20H22N2O3/c1-22(2)20(24)14-15-8-11-17(12-9-15)21-19(23)13-10-16-6-4-5-7-18(16)25-3/h4-13H,14H2,1-3H3,(H,21,23)/b13-10+. The number of amides is 2. The fourth-order valence-electron chi connectivity index (χ4n) is 2.19. The van der Waals surface area contributed by atoms with Crippen LogP contribution in [0, 0.1) is 0 Å². The van der Waals surface area contributed by atoms with Gasteiger partial charge in [-0.25, -0.2) is 0 Å². The van der Waals surface area contributed by atoms with Gasteiger partial charge in [0.1, 0.15) is 5.75 Å². The minimum atomic E-state index is -0.233. The second-order valence-electron chi connectivity index (χ2n) is 5.73. The van der Waals surface area contributed by atoms with Crippen LogP contribution in [-0.2, 0) is 16.0 Å². The first kappa shape index (κ1) is 18.3. The van der Waals surface area contributed by atoms with Gasteiger partial charge in [-0.1, -0.05) is 30.3 Å². The molecule has 1 N–H and O–H groups in total. The summed E-state index contributed by atoms with van der Waals surface area (Å²) < 4.78 is 5.24. The Morgan fingerprint density at radius 1 is 1.08 bits per heavy atom. The van der Waals surface area contributed by atoms with Crippen molar-refractivity contribution in [3.05, 3.63) is 65.7 Å². The highest BCUT2D eigenvalue weighted by Crippen LogP contribution is 2.18. The van der Waals surface area contributed by atoms with Crippen LogP contribution in [0.25, 0.3) is 6.08 Å². The Morgan fingerprint density at radius 3 is 2.40 bits per heavy atom. The van der Waals surface area contributed by atoms with Crippen molar-refractivity contribution in [1.29, 1.82) is 0 Å². The molecule has 0 heterocycles. The molecule has 0 bridgehead atoms. The molecule has 0 fully saturated rings.